The molecule has 0 aliphatic carbocycles. The smallest absolute Gasteiger partial charge is 0.351 e. The highest BCUT2D eigenvalue weighted by Gasteiger charge is 2.64. The minimum absolute atomic E-state index is 0.213. The SMILES string of the molecule is CN1C(=O)[C@]2([NH+]=C1N)c1cc(-c3cccnc3F)ccc1O[C@H]1CCCO[C@@H]12. The number of nitrogens with two attached hydrogens (primary N) is 1. The molecule has 28 heavy (non-hydrogen) atoms. The number of fused-ring (bicyclic) bond motifs is 4. The van der Waals surface area contributed by atoms with Gasteiger partial charge in [0.15, 0.2) is 0 Å². The zero-order valence-electron chi connectivity index (χ0n) is 15.3. The van der Waals surface area contributed by atoms with Crippen LogP contribution in [-0.2, 0) is 15.1 Å². The maximum Gasteiger partial charge on any atom is 0.351 e. The number of aromatic nitrogens is 1. The van der Waals surface area contributed by atoms with Crippen molar-refractivity contribution in [2.24, 2.45) is 5.73 Å². The Hall–Kier alpha value is -3.00. The van der Waals surface area contributed by atoms with Gasteiger partial charge in [-0.1, -0.05) is 6.07 Å². The van der Waals surface area contributed by atoms with Gasteiger partial charge in [-0.05, 0) is 42.7 Å². The van der Waals surface area contributed by atoms with Crippen LogP contribution in [0.3, 0.4) is 0 Å². The van der Waals surface area contributed by atoms with E-state index in [2.05, 4.69) is 9.98 Å². The van der Waals surface area contributed by atoms with Crippen molar-refractivity contribution < 1.29 is 23.7 Å². The van der Waals surface area contributed by atoms with Crippen molar-refractivity contribution in [3.05, 3.63) is 48.0 Å². The van der Waals surface area contributed by atoms with Gasteiger partial charge in [-0.3, -0.25) is 15.5 Å². The lowest BCUT2D eigenvalue weighted by Gasteiger charge is -2.44. The first-order chi connectivity index (χ1) is 13.5. The summed E-state index contributed by atoms with van der Waals surface area (Å²) >= 11 is 0. The number of ether oxygens (including phenoxy) is 2. The van der Waals surface area contributed by atoms with Gasteiger partial charge < -0.3 is 9.47 Å². The normalized spacial score (nSPS) is 28.6. The predicted octanol–water partition coefficient (Wildman–Crippen LogP) is -0.110. The molecule has 3 atom stereocenters. The van der Waals surface area contributed by atoms with Crippen LogP contribution in [0.1, 0.15) is 18.4 Å². The van der Waals surface area contributed by atoms with Crippen molar-refractivity contribution in [1.29, 1.82) is 0 Å². The molecule has 5 rings (SSSR count). The molecule has 7 nitrogen and oxygen atoms in total. The van der Waals surface area contributed by atoms with Gasteiger partial charge in [-0.15, -0.1) is 0 Å². The van der Waals surface area contributed by atoms with Gasteiger partial charge in [-0.2, -0.15) is 4.39 Å². The number of carbonyl (C=O) groups excluding carboxylic acids is 1. The average Bonchev–Trinajstić information content (AvgIpc) is 2.93. The second kappa shape index (κ2) is 6.00. The maximum atomic E-state index is 14.3. The summed E-state index contributed by atoms with van der Waals surface area (Å²) in [4.78, 5) is 21.7. The third-order valence-electron chi connectivity index (χ3n) is 5.78. The number of amides is 1. The molecule has 4 heterocycles. The largest absolute Gasteiger partial charge is 0.487 e. The lowest BCUT2D eigenvalue weighted by atomic mass is 9.76. The third kappa shape index (κ3) is 2.21. The van der Waals surface area contributed by atoms with Gasteiger partial charge in [0, 0.05) is 23.9 Å². The van der Waals surface area contributed by atoms with Crippen LogP contribution in [0.2, 0.25) is 0 Å². The molecule has 2 aromatic rings. The molecule has 0 saturated carbocycles. The van der Waals surface area contributed by atoms with Crippen LogP contribution in [0.4, 0.5) is 4.39 Å². The molecule has 3 aliphatic rings. The summed E-state index contributed by atoms with van der Waals surface area (Å²) in [6, 6.07) is 8.63. The van der Waals surface area contributed by atoms with Gasteiger partial charge in [0.05, 0.1) is 7.05 Å². The van der Waals surface area contributed by atoms with Crippen molar-refractivity contribution in [3.63, 3.8) is 0 Å². The summed E-state index contributed by atoms with van der Waals surface area (Å²) < 4.78 is 26.5. The molecule has 1 saturated heterocycles. The molecule has 3 N–H and O–H groups in total. The standard InChI is InChI=1S/C20H19FN4O3/c1-25-18(26)20(24-19(25)22)13-10-11(12-4-2-8-23-17(12)21)6-7-14(13)28-15-5-3-9-27-16(15)20/h2,4,6-8,10,15-16H,3,5,9H2,1H3,(H2,22,24)/p+1/t15-,16-,20-/m0/s1. The Morgan fingerprint density at radius 3 is 3.00 bits per heavy atom. The number of hydrogen-bond donors (Lipinski definition) is 2. The minimum Gasteiger partial charge on any atom is -0.487 e. The van der Waals surface area contributed by atoms with E-state index >= 15 is 0 Å². The van der Waals surface area contributed by atoms with Crippen molar-refractivity contribution in [1.82, 2.24) is 9.88 Å². The highest BCUT2D eigenvalue weighted by Crippen LogP contribution is 2.44. The number of benzene rings is 1. The van der Waals surface area contributed by atoms with E-state index in [0.29, 0.717) is 29.0 Å². The Labute approximate surface area is 161 Å². The molecule has 0 bridgehead atoms. The average molecular weight is 383 g/mol. The van der Waals surface area contributed by atoms with Crippen molar-refractivity contribution >= 4 is 11.9 Å². The van der Waals surface area contributed by atoms with Crippen LogP contribution in [0.5, 0.6) is 5.75 Å². The minimum atomic E-state index is -1.20. The Bertz CT molecular complexity index is 1010. The highest BCUT2D eigenvalue weighted by molar-refractivity contribution is 6.02. The van der Waals surface area contributed by atoms with E-state index in [1.807, 2.05) is 0 Å². The summed E-state index contributed by atoms with van der Waals surface area (Å²) in [6.45, 7) is 0.539. The Morgan fingerprint density at radius 2 is 2.25 bits per heavy atom. The molecule has 8 heteroatoms. The van der Waals surface area contributed by atoms with Gasteiger partial charge >= 0.3 is 11.9 Å². The van der Waals surface area contributed by atoms with E-state index in [1.165, 1.54) is 11.1 Å². The lowest BCUT2D eigenvalue weighted by molar-refractivity contribution is -0.561. The number of pyridine rings is 1. The number of guanidine groups is 1. The topological polar surface area (TPSA) is 91.7 Å². The van der Waals surface area contributed by atoms with Crippen LogP contribution < -0.4 is 15.5 Å². The van der Waals surface area contributed by atoms with E-state index in [1.54, 1.807) is 37.4 Å². The number of likely N-dealkylation sites (N-methyl/N-ethyl adjacent to an activating group) is 1. The zero-order valence-corrected chi connectivity index (χ0v) is 15.3. The monoisotopic (exact) mass is 383 g/mol. The van der Waals surface area contributed by atoms with Gasteiger partial charge in [0.25, 0.3) is 0 Å². The van der Waals surface area contributed by atoms with Gasteiger partial charge in [0.2, 0.25) is 11.5 Å². The Balaban J connectivity index is 1.74. The summed E-state index contributed by atoms with van der Waals surface area (Å²) in [5, 5.41) is 0. The second-order valence-corrected chi connectivity index (χ2v) is 7.33. The van der Waals surface area contributed by atoms with Crippen LogP contribution in [-0.4, -0.2) is 47.6 Å². The number of carbonyl (C=O) groups is 1. The van der Waals surface area contributed by atoms with Crippen LogP contribution in [0, 0.1) is 5.95 Å². The molecular formula is C20H20FN4O3+. The highest BCUT2D eigenvalue weighted by atomic mass is 19.1. The fourth-order valence-electron chi connectivity index (χ4n) is 4.39. The number of halogens is 1. The molecule has 1 amide bonds. The van der Waals surface area contributed by atoms with E-state index in [-0.39, 0.29) is 18.0 Å². The third-order valence-corrected chi connectivity index (χ3v) is 5.78. The lowest BCUT2D eigenvalue weighted by Crippen LogP contribution is -2.90. The molecule has 3 aliphatic heterocycles. The van der Waals surface area contributed by atoms with Gasteiger partial charge in [-0.25, -0.2) is 9.88 Å². The van der Waals surface area contributed by atoms with Crippen molar-refractivity contribution in [3.8, 4) is 16.9 Å². The maximum absolute atomic E-state index is 14.3. The first-order valence-corrected chi connectivity index (χ1v) is 9.25. The van der Waals surface area contributed by atoms with Gasteiger partial charge in [0.1, 0.15) is 18.0 Å². The molecule has 144 valence electrons. The summed E-state index contributed by atoms with van der Waals surface area (Å²) in [6.07, 6.45) is 2.24. The molecular weight excluding hydrogens is 363 g/mol. The second-order valence-electron chi connectivity index (χ2n) is 7.33. The number of hydrogen-bond acceptors (Lipinski definition) is 5. The number of nitrogens with zero attached hydrogens (tertiary/aromatic N) is 2. The molecule has 0 radical (unpaired) electrons. The molecule has 1 aromatic heterocycles. The van der Waals surface area contributed by atoms with Crippen LogP contribution >= 0.6 is 0 Å². The summed E-state index contributed by atoms with van der Waals surface area (Å²) in [5.41, 5.74) is 6.41. The zero-order chi connectivity index (χ0) is 19.5. The number of nitrogens with one attached hydrogen (secondary N) is 1. The first kappa shape index (κ1) is 17.1. The van der Waals surface area contributed by atoms with E-state index in [9.17, 15) is 9.18 Å². The van der Waals surface area contributed by atoms with Crippen molar-refractivity contribution in [2.45, 2.75) is 30.6 Å². The van der Waals surface area contributed by atoms with E-state index in [4.69, 9.17) is 15.2 Å². The fourth-order valence-corrected chi connectivity index (χ4v) is 4.39. The molecule has 0 unspecified atom stereocenters. The fraction of sp³-hybridized carbons (Fsp3) is 0.350. The Kier molecular flexibility index (Phi) is 3.67. The first-order valence-electron chi connectivity index (χ1n) is 9.25. The van der Waals surface area contributed by atoms with Crippen molar-refractivity contribution in [2.75, 3.05) is 13.7 Å². The van der Waals surface area contributed by atoms with E-state index in [0.717, 1.165) is 12.8 Å². The molecule has 1 fully saturated rings. The van der Waals surface area contributed by atoms with E-state index < -0.39 is 17.6 Å². The molecule has 1 spiro atoms. The van der Waals surface area contributed by atoms with Crippen LogP contribution in [0.15, 0.2) is 36.5 Å². The summed E-state index contributed by atoms with van der Waals surface area (Å²) in [5.74, 6) is 0.0386. The molecule has 1 aromatic carbocycles. The Morgan fingerprint density at radius 1 is 1.39 bits per heavy atom. The van der Waals surface area contributed by atoms with Crippen LogP contribution in [0.25, 0.3) is 11.1 Å². The summed E-state index contributed by atoms with van der Waals surface area (Å²) in [7, 11) is 1.62. The quantitative estimate of drug-likeness (QED) is 0.671. The number of rotatable bonds is 1. The predicted molar refractivity (Wildman–Crippen MR) is 97.6 cm³/mol.